The lowest BCUT2D eigenvalue weighted by atomic mass is 10.1. The monoisotopic (exact) mass is 308 g/mol. The summed E-state index contributed by atoms with van der Waals surface area (Å²) in [7, 11) is -3.92. The molecular formula is C14H13FN2O3S. The largest absolute Gasteiger partial charge is 0.319 e. The van der Waals surface area contributed by atoms with Crippen LogP contribution in [0.15, 0.2) is 47.4 Å². The van der Waals surface area contributed by atoms with Crippen molar-refractivity contribution in [1.82, 2.24) is 0 Å². The van der Waals surface area contributed by atoms with E-state index in [1.54, 1.807) is 13.0 Å². The van der Waals surface area contributed by atoms with E-state index < -0.39 is 21.7 Å². The van der Waals surface area contributed by atoms with Gasteiger partial charge < -0.3 is 5.32 Å². The number of hydrogen-bond donors (Lipinski definition) is 2. The Morgan fingerprint density at radius 2 is 1.86 bits per heavy atom. The van der Waals surface area contributed by atoms with Crippen LogP contribution >= 0.6 is 0 Å². The van der Waals surface area contributed by atoms with E-state index in [0.29, 0.717) is 5.56 Å². The van der Waals surface area contributed by atoms with E-state index in [4.69, 9.17) is 5.14 Å². The molecule has 7 heteroatoms. The van der Waals surface area contributed by atoms with Gasteiger partial charge in [-0.3, -0.25) is 4.79 Å². The van der Waals surface area contributed by atoms with Gasteiger partial charge in [-0.15, -0.1) is 0 Å². The third-order valence-corrected chi connectivity index (χ3v) is 3.93. The number of amides is 1. The number of primary sulfonamides is 1. The van der Waals surface area contributed by atoms with Crippen molar-refractivity contribution in [1.29, 1.82) is 0 Å². The lowest BCUT2D eigenvalue weighted by Gasteiger charge is -2.09. The van der Waals surface area contributed by atoms with E-state index in [1.165, 1.54) is 36.4 Å². The molecule has 0 spiro atoms. The van der Waals surface area contributed by atoms with Gasteiger partial charge in [-0.25, -0.2) is 17.9 Å². The molecule has 0 aliphatic heterocycles. The number of nitrogens with one attached hydrogen (secondary N) is 1. The van der Waals surface area contributed by atoms with Crippen LogP contribution in [-0.2, 0) is 10.0 Å². The minimum absolute atomic E-state index is 0.0141. The van der Waals surface area contributed by atoms with Gasteiger partial charge in [0.15, 0.2) is 0 Å². The average Bonchev–Trinajstić information content (AvgIpc) is 2.40. The molecule has 21 heavy (non-hydrogen) atoms. The summed E-state index contributed by atoms with van der Waals surface area (Å²) in [6, 6.07) is 9.76. The summed E-state index contributed by atoms with van der Waals surface area (Å²) in [5, 5.41) is 7.46. The highest BCUT2D eigenvalue weighted by molar-refractivity contribution is 7.89. The molecule has 0 aliphatic carbocycles. The van der Waals surface area contributed by atoms with Gasteiger partial charge in [-0.05, 0) is 36.8 Å². The normalized spacial score (nSPS) is 11.2. The van der Waals surface area contributed by atoms with Crippen LogP contribution in [0.3, 0.4) is 0 Å². The predicted molar refractivity (Wildman–Crippen MR) is 76.9 cm³/mol. The lowest BCUT2D eigenvalue weighted by molar-refractivity contribution is 0.102. The van der Waals surface area contributed by atoms with Crippen LogP contribution in [0.5, 0.6) is 0 Å². The number of nitrogens with two attached hydrogens (primary N) is 1. The van der Waals surface area contributed by atoms with Crippen LogP contribution in [-0.4, -0.2) is 14.3 Å². The Morgan fingerprint density at radius 3 is 2.48 bits per heavy atom. The molecule has 2 rings (SSSR count). The van der Waals surface area contributed by atoms with E-state index >= 15 is 0 Å². The van der Waals surface area contributed by atoms with Gasteiger partial charge in [0.05, 0.1) is 10.6 Å². The number of anilines is 1. The number of hydrogen-bond acceptors (Lipinski definition) is 3. The summed E-state index contributed by atoms with van der Waals surface area (Å²) in [6.07, 6.45) is 0. The highest BCUT2D eigenvalue weighted by atomic mass is 32.2. The SMILES string of the molecule is Cc1ccc(C(=O)Nc2ccccc2F)cc1S(N)(=O)=O. The van der Waals surface area contributed by atoms with E-state index in [1.807, 2.05) is 0 Å². The topological polar surface area (TPSA) is 89.3 Å². The fraction of sp³-hybridized carbons (Fsp3) is 0.0714. The van der Waals surface area contributed by atoms with Crippen LogP contribution in [0.25, 0.3) is 0 Å². The molecule has 5 nitrogen and oxygen atoms in total. The average molecular weight is 308 g/mol. The molecule has 0 aromatic heterocycles. The number of para-hydroxylation sites is 1. The fourth-order valence-electron chi connectivity index (χ4n) is 1.80. The Bertz CT molecular complexity index is 804. The van der Waals surface area contributed by atoms with Crippen LogP contribution in [0.2, 0.25) is 0 Å². The molecule has 0 fully saturated rings. The maximum absolute atomic E-state index is 13.5. The van der Waals surface area contributed by atoms with Gasteiger partial charge >= 0.3 is 0 Å². The van der Waals surface area contributed by atoms with Crippen LogP contribution < -0.4 is 10.5 Å². The Kier molecular flexibility index (Phi) is 4.06. The van der Waals surface area contributed by atoms with Crippen molar-refractivity contribution < 1.29 is 17.6 Å². The molecule has 0 bridgehead atoms. The maximum atomic E-state index is 13.5. The number of carbonyl (C=O) groups is 1. The molecule has 0 aliphatic rings. The summed E-state index contributed by atoms with van der Waals surface area (Å²) < 4.78 is 36.3. The lowest BCUT2D eigenvalue weighted by Crippen LogP contribution is -2.17. The number of carbonyl (C=O) groups excluding carboxylic acids is 1. The minimum Gasteiger partial charge on any atom is -0.319 e. The first-order valence-electron chi connectivity index (χ1n) is 5.98. The molecule has 110 valence electrons. The molecule has 0 radical (unpaired) electrons. The zero-order chi connectivity index (χ0) is 15.6. The first-order chi connectivity index (χ1) is 9.79. The van der Waals surface area contributed by atoms with Crippen LogP contribution in [0, 0.1) is 12.7 Å². The van der Waals surface area contributed by atoms with E-state index in [2.05, 4.69) is 5.32 Å². The second-order valence-corrected chi connectivity index (χ2v) is 5.99. The summed E-state index contributed by atoms with van der Waals surface area (Å²) in [6.45, 7) is 1.57. The van der Waals surface area contributed by atoms with E-state index in [0.717, 1.165) is 0 Å². The molecule has 0 unspecified atom stereocenters. The van der Waals surface area contributed by atoms with Crippen molar-refractivity contribution in [2.75, 3.05) is 5.32 Å². The van der Waals surface area contributed by atoms with Crippen molar-refractivity contribution in [3.05, 3.63) is 59.4 Å². The number of benzene rings is 2. The molecule has 0 atom stereocenters. The number of sulfonamides is 1. The smallest absolute Gasteiger partial charge is 0.255 e. The number of halogens is 1. The molecule has 2 aromatic rings. The van der Waals surface area contributed by atoms with Crippen LogP contribution in [0.4, 0.5) is 10.1 Å². The standard InChI is InChI=1S/C14H13FN2O3S/c1-9-6-7-10(8-13(9)21(16,19)20)14(18)17-12-5-3-2-4-11(12)15/h2-8H,1H3,(H,17,18)(H2,16,19,20). The first-order valence-corrected chi connectivity index (χ1v) is 7.53. The molecule has 3 N–H and O–H groups in total. The van der Waals surface area contributed by atoms with E-state index in [9.17, 15) is 17.6 Å². The molecule has 0 saturated carbocycles. The Hall–Kier alpha value is -2.25. The Morgan fingerprint density at radius 1 is 1.19 bits per heavy atom. The summed E-state index contributed by atoms with van der Waals surface area (Å²) >= 11 is 0. The molecular weight excluding hydrogens is 295 g/mol. The molecule has 1 amide bonds. The molecule has 0 saturated heterocycles. The van der Waals surface area contributed by atoms with Crippen molar-refractivity contribution in [2.45, 2.75) is 11.8 Å². The second kappa shape index (κ2) is 5.63. The van der Waals surface area contributed by atoms with Crippen molar-refractivity contribution >= 4 is 21.6 Å². The highest BCUT2D eigenvalue weighted by Crippen LogP contribution is 2.18. The number of aryl methyl sites for hydroxylation is 1. The Balaban J connectivity index is 2.35. The number of rotatable bonds is 3. The quantitative estimate of drug-likeness (QED) is 0.909. The second-order valence-electron chi connectivity index (χ2n) is 4.46. The summed E-state index contributed by atoms with van der Waals surface area (Å²) in [5.41, 5.74) is 0.521. The third kappa shape index (κ3) is 3.45. The van der Waals surface area contributed by atoms with Crippen molar-refractivity contribution in [2.24, 2.45) is 5.14 Å². The van der Waals surface area contributed by atoms with Gasteiger partial charge in [0, 0.05) is 5.56 Å². The van der Waals surface area contributed by atoms with Gasteiger partial charge in [0.1, 0.15) is 5.82 Å². The van der Waals surface area contributed by atoms with Crippen LogP contribution in [0.1, 0.15) is 15.9 Å². The van der Waals surface area contributed by atoms with Gasteiger partial charge in [0.2, 0.25) is 10.0 Å². The van der Waals surface area contributed by atoms with Gasteiger partial charge in [-0.1, -0.05) is 18.2 Å². The molecule has 2 aromatic carbocycles. The maximum Gasteiger partial charge on any atom is 0.255 e. The first kappa shape index (κ1) is 15.1. The minimum atomic E-state index is -3.92. The highest BCUT2D eigenvalue weighted by Gasteiger charge is 2.16. The zero-order valence-corrected chi connectivity index (χ0v) is 11.9. The fourth-order valence-corrected chi connectivity index (χ4v) is 2.61. The van der Waals surface area contributed by atoms with Crippen molar-refractivity contribution in [3.63, 3.8) is 0 Å². The van der Waals surface area contributed by atoms with Gasteiger partial charge in [0.25, 0.3) is 5.91 Å². The van der Waals surface area contributed by atoms with E-state index in [-0.39, 0.29) is 16.1 Å². The predicted octanol–water partition coefficient (Wildman–Crippen LogP) is 2.03. The zero-order valence-electron chi connectivity index (χ0n) is 11.1. The summed E-state index contributed by atoms with van der Waals surface area (Å²) in [5.74, 6) is -1.20. The third-order valence-electron chi connectivity index (χ3n) is 2.88. The van der Waals surface area contributed by atoms with Gasteiger partial charge in [-0.2, -0.15) is 0 Å². The van der Waals surface area contributed by atoms with Crippen molar-refractivity contribution in [3.8, 4) is 0 Å². The molecule has 0 heterocycles. The summed E-state index contributed by atoms with van der Waals surface area (Å²) in [4.78, 5) is 11.9. The Labute approximate surface area is 121 Å².